The SMILES string of the molecule is COc1cc(-c2cnc3cc(OCC4COCCN4C)ccn23)cc(OC(F)F)c1C(=O)NC1CC1. The second kappa shape index (κ2) is 10.3. The number of carbonyl (C=O) groups excluding carboxylic acids is 1. The highest BCUT2D eigenvalue weighted by Gasteiger charge is 2.29. The van der Waals surface area contributed by atoms with Crippen LogP contribution >= 0.6 is 0 Å². The molecule has 1 aliphatic carbocycles. The standard InChI is InChI=1S/C25H28F2N4O5/c1-30-7-8-34-13-17(30)14-35-18-5-6-31-19(12-28-22(31)11-18)15-9-20(33-2)23(21(10-15)36-25(26)27)24(32)29-16-3-4-16/h5-6,9-12,16-17,25H,3-4,7-8,13-14H2,1-2H3,(H,29,32). The van der Waals surface area contributed by atoms with Crippen molar-refractivity contribution in [3.63, 3.8) is 0 Å². The fraction of sp³-hybridized carbons (Fsp3) is 0.440. The van der Waals surface area contributed by atoms with Gasteiger partial charge in [0.15, 0.2) is 0 Å². The van der Waals surface area contributed by atoms with Gasteiger partial charge in [-0.15, -0.1) is 0 Å². The van der Waals surface area contributed by atoms with Crippen molar-refractivity contribution in [3.05, 3.63) is 42.2 Å². The van der Waals surface area contributed by atoms with Crippen molar-refractivity contribution >= 4 is 11.6 Å². The van der Waals surface area contributed by atoms with Gasteiger partial charge in [-0.25, -0.2) is 4.98 Å². The number of rotatable bonds is 9. The summed E-state index contributed by atoms with van der Waals surface area (Å²) in [7, 11) is 3.42. The average molecular weight is 503 g/mol. The van der Waals surface area contributed by atoms with Crippen molar-refractivity contribution in [2.75, 3.05) is 40.5 Å². The van der Waals surface area contributed by atoms with Gasteiger partial charge in [-0.3, -0.25) is 14.1 Å². The van der Waals surface area contributed by atoms with Gasteiger partial charge in [0, 0.05) is 30.4 Å². The van der Waals surface area contributed by atoms with Gasteiger partial charge in [0.2, 0.25) is 0 Å². The zero-order valence-corrected chi connectivity index (χ0v) is 20.1. The fourth-order valence-electron chi connectivity index (χ4n) is 4.17. The third kappa shape index (κ3) is 5.21. The highest BCUT2D eigenvalue weighted by molar-refractivity contribution is 6.01. The first-order valence-electron chi connectivity index (χ1n) is 11.8. The molecule has 1 atom stereocenters. The van der Waals surface area contributed by atoms with Crippen LogP contribution in [-0.2, 0) is 4.74 Å². The number of aromatic nitrogens is 2. The van der Waals surface area contributed by atoms with Crippen LogP contribution in [-0.4, -0.2) is 79.4 Å². The fourth-order valence-corrected chi connectivity index (χ4v) is 4.17. The number of hydrogen-bond donors (Lipinski definition) is 1. The summed E-state index contributed by atoms with van der Waals surface area (Å²) in [5.74, 6) is 0.0248. The Morgan fingerprint density at radius 2 is 2.08 bits per heavy atom. The van der Waals surface area contributed by atoms with Crippen molar-refractivity contribution in [3.8, 4) is 28.5 Å². The van der Waals surface area contributed by atoms with E-state index in [9.17, 15) is 13.6 Å². The number of nitrogens with zero attached hydrogens (tertiary/aromatic N) is 3. The summed E-state index contributed by atoms with van der Waals surface area (Å²) in [4.78, 5) is 19.4. The summed E-state index contributed by atoms with van der Waals surface area (Å²) in [5.41, 5.74) is 1.67. The minimum atomic E-state index is -3.10. The summed E-state index contributed by atoms with van der Waals surface area (Å²) in [6.45, 7) is -0.426. The number of methoxy groups -OCH3 is 1. The number of alkyl halides is 2. The molecule has 1 aromatic carbocycles. The molecule has 2 aromatic heterocycles. The number of nitrogens with one attached hydrogen (secondary N) is 1. The summed E-state index contributed by atoms with van der Waals surface area (Å²) in [5, 5.41) is 2.80. The van der Waals surface area contributed by atoms with Crippen LogP contribution in [0.2, 0.25) is 0 Å². The maximum absolute atomic E-state index is 13.2. The minimum absolute atomic E-state index is 0.0440. The highest BCUT2D eigenvalue weighted by atomic mass is 19.3. The molecule has 5 rings (SSSR count). The van der Waals surface area contributed by atoms with Crippen molar-refractivity contribution < 1.29 is 32.5 Å². The molecule has 9 nitrogen and oxygen atoms in total. The molecule has 1 N–H and O–H groups in total. The number of hydrogen-bond acceptors (Lipinski definition) is 7. The minimum Gasteiger partial charge on any atom is -0.496 e. The molecule has 0 spiro atoms. The van der Waals surface area contributed by atoms with E-state index in [1.54, 1.807) is 28.9 Å². The predicted molar refractivity (Wildman–Crippen MR) is 127 cm³/mol. The first-order chi connectivity index (χ1) is 17.4. The number of benzene rings is 1. The third-order valence-corrected chi connectivity index (χ3v) is 6.39. The van der Waals surface area contributed by atoms with Crippen LogP contribution in [0.5, 0.6) is 17.2 Å². The van der Waals surface area contributed by atoms with Crippen LogP contribution in [0.25, 0.3) is 16.9 Å². The lowest BCUT2D eigenvalue weighted by Crippen LogP contribution is -2.46. The molecule has 11 heteroatoms. The number of imidazole rings is 1. The quantitative estimate of drug-likeness (QED) is 0.481. The van der Waals surface area contributed by atoms with Gasteiger partial charge in [0.05, 0.1) is 38.3 Å². The molecule has 3 aromatic rings. The van der Waals surface area contributed by atoms with E-state index < -0.39 is 12.5 Å². The summed E-state index contributed by atoms with van der Waals surface area (Å²) < 4.78 is 49.9. The number of pyridine rings is 1. The molecule has 0 bridgehead atoms. The zero-order valence-electron chi connectivity index (χ0n) is 20.1. The van der Waals surface area contributed by atoms with E-state index in [-0.39, 0.29) is 29.1 Å². The second-order valence-corrected chi connectivity index (χ2v) is 8.93. The first kappa shape index (κ1) is 24.3. The maximum atomic E-state index is 13.2. The molecule has 0 radical (unpaired) electrons. The van der Waals surface area contributed by atoms with Gasteiger partial charge >= 0.3 is 6.61 Å². The van der Waals surface area contributed by atoms with Gasteiger partial charge in [-0.1, -0.05) is 0 Å². The maximum Gasteiger partial charge on any atom is 0.387 e. The molecular formula is C25H28F2N4O5. The Morgan fingerprint density at radius 3 is 2.81 bits per heavy atom. The smallest absolute Gasteiger partial charge is 0.387 e. The van der Waals surface area contributed by atoms with Crippen molar-refractivity contribution in [2.45, 2.75) is 31.5 Å². The van der Waals surface area contributed by atoms with E-state index >= 15 is 0 Å². The molecule has 3 heterocycles. The van der Waals surface area contributed by atoms with Gasteiger partial charge in [-0.2, -0.15) is 8.78 Å². The Labute approximate surface area is 206 Å². The predicted octanol–water partition coefficient (Wildman–Crippen LogP) is 3.21. The molecule has 1 amide bonds. The summed E-state index contributed by atoms with van der Waals surface area (Å²) >= 11 is 0. The van der Waals surface area contributed by atoms with Crippen LogP contribution in [0, 0.1) is 0 Å². The number of likely N-dealkylation sites (N-methyl/N-ethyl adjacent to an activating group) is 1. The number of ether oxygens (including phenoxy) is 4. The van der Waals surface area contributed by atoms with E-state index in [2.05, 4.69) is 15.2 Å². The van der Waals surface area contributed by atoms with E-state index in [0.717, 1.165) is 26.0 Å². The lowest BCUT2D eigenvalue weighted by atomic mass is 10.1. The molecule has 1 saturated heterocycles. The Hall–Kier alpha value is -3.44. The van der Waals surface area contributed by atoms with E-state index in [4.69, 9.17) is 18.9 Å². The summed E-state index contributed by atoms with van der Waals surface area (Å²) in [6.07, 6.45) is 5.13. The average Bonchev–Trinajstić information content (AvgIpc) is 3.57. The van der Waals surface area contributed by atoms with E-state index in [1.165, 1.54) is 13.2 Å². The van der Waals surface area contributed by atoms with Crippen LogP contribution in [0.15, 0.2) is 36.7 Å². The Morgan fingerprint density at radius 1 is 1.28 bits per heavy atom. The van der Waals surface area contributed by atoms with Crippen molar-refractivity contribution in [1.29, 1.82) is 0 Å². The molecule has 2 fully saturated rings. The first-order valence-corrected chi connectivity index (χ1v) is 11.8. The largest absolute Gasteiger partial charge is 0.496 e. The third-order valence-electron chi connectivity index (χ3n) is 6.39. The molecular weight excluding hydrogens is 474 g/mol. The highest BCUT2D eigenvalue weighted by Crippen LogP contribution is 2.37. The van der Waals surface area contributed by atoms with Gasteiger partial charge in [0.1, 0.15) is 35.1 Å². The molecule has 1 saturated carbocycles. The Balaban J connectivity index is 1.43. The van der Waals surface area contributed by atoms with Crippen LogP contribution in [0.1, 0.15) is 23.2 Å². The molecule has 36 heavy (non-hydrogen) atoms. The number of fused-ring (bicyclic) bond motifs is 1. The zero-order chi connectivity index (χ0) is 25.2. The molecule has 2 aliphatic rings. The van der Waals surface area contributed by atoms with Crippen molar-refractivity contribution in [2.24, 2.45) is 0 Å². The number of halogens is 2. The number of amides is 1. The van der Waals surface area contributed by atoms with Crippen LogP contribution in [0.4, 0.5) is 8.78 Å². The lowest BCUT2D eigenvalue weighted by Gasteiger charge is -2.32. The molecule has 1 unspecified atom stereocenters. The lowest BCUT2D eigenvalue weighted by molar-refractivity contribution is -0.0502. The summed E-state index contributed by atoms with van der Waals surface area (Å²) in [6, 6.07) is 6.85. The Kier molecular flexibility index (Phi) is 6.92. The Bertz CT molecular complexity index is 1250. The normalized spacial score (nSPS) is 18.4. The van der Waals surface area contributed by atoms with Gasteiger partial charge in [-0.05, 0) is 38.1 Å². The second-order valence-electron chi connectivity index (χ2n) is 8.93. The molecule has 1 aliphatic heterocycles. The van der Waals surface area contributed by atoms with E-state index in [1.807, 2.05) is 13.1 Å². The van der Waals surface area contributed by atoms with Gasteiger partial charge < -0.3 is 24.3 Å². The monoisotopic (exact) mass is 502 g/mol. The van der Waals surface area contributed by atoms with Crippen LogP contribution < -0.4 is 19.5 Å². The number of morpholine rings is 1. The molecule has 192 valence electrons. The number of carbonyl (C=O) groups is 1. The van der Waals surface area contributed by atoms with Gasteiger partial charge in [0.25, 0.3) is 5.91 Å². The topological polar surface area (TPSA) is 86.6 Å². The van der Waals surface area contributed by atoms with E-state index in [0.29, 0.717) is 35.9 Å². The van der Waals surface area contributed by atoms with Crippen molar-refractivity contribution in [1.82, 2.24) is 19.6 Å². The van der Waals surface area contributed by atoms with Crippen LogP contribution in [0.3, 0.4) is 0 Å².